The lowest BCUT2D eigenvalue weighted by Gasteiger charge is -2.16. The van der Waals surface area contributed by atoms with Crippen LogP contribution >= 0.6 is 0 Å². The number of benzene rings is 2. The van der Waals surface area contributed by atoms with Gasteiger partial charge in [-0.2, -0.15) is 13.2 Å². The van der Waals surface area contributed by atoms with E-state index in [1.165, 1.54) is 6.07 Å². The van der Waals surface area contributed by atoms with Gasteiger partial charge in [-0.1, -0.05) is 30.3 Å². The van der Waals surface area contributed by atoms with Gasteiger partial charge in [0.1, 0.15) is 0 Å². The van der Waals surface area contributed by atoms with E-state index in [1.807, 2.05) is 31.2 Å². The molecule has 1 amide bonds. The summed E-state index contributed by atoms with van der Waals surface area (Å²) in [6.45, 7) is 3.12. The first kappa shape index (κ1) is 19.5. The largest absolute Gasteiger partial charge is 0.452 e. The molecule has 2 rings (SSSR count). The van der Waals surface area contributed by atoms with Crippen molar-refractivity contribution in [3.8, 4) is 0 Å². The molecule has 0 heterocycles. The smallest absolute Gasteiger partial charge is 0.416 e. The number of carbonyl (C=O) groups excluding carboxylic acids is 2. The molecule has 0 aliphatic heterocycles. The number of halogens is 3. The van der Waals surface area contributed by atoms with Crippen LogP contribution in [0.5, 0.6) is 0 Å². The van der Waals surface area contributed by atoms with E-state index >= 15 is 0 Å². The van der Waals surface area contributed by atoms with Crippen LogP contribution < -0.4 is 5.32 Å². The predicted octanol–water partition coefficient (Wildman–Crippen LogP) is 4.05. The number of alkyl halides is 3. The number of ether oxygens (including phenoxy) is 1. The van der Waals surface area contributed by atoms with Gasteiger partial charge < -0.3 is 10.1 Å². The van der Waals surface area contributed by atoms with Crippen molar-refractivity contribution in [3.63, 3.8) is 0 Å². The fourth-order valence-corrected chi connectivity index (χ4v) is 2.47. The highest BCUT2D eigenvalue weighted by molar-refractivity contribution is 5.91. The molecular weight excluding hydrogens is 347 g/mol. The van der Waals surface area contributed by atoms with Crippen molar-refractivity contribution >= 4 is 11.9 Å². The van der Waals surface area contributed by atoms with Crippen LogP contribution in [0.1, 0.15) is 40.0 Å². The van der Waals surface area contributed by atoms with Gasteiger partial charge in [0.15, 0.2) is 6.61 Å². The maximum absolute atomic E-state index is 12.7. The molecule has 0 bridgehead atoms. The number of carbonyl (C=O) groups is 2. The molecule has 1 atom stereocenters. The summed E-state index contributed by atoms with van der Waals surface area (Å²) in [6, 6.07) is 11.1. The Hall–Kier alpha value is -2.83. The first-order chi connectivity index (χ1) is 12.2. The Morgan fingerprint density at radius 1 is 1.12 bits per heavy atom. The van der Waals surface area contributed by atoms with Gasteiger partial charge in [-0.3, -0.25) is 4.79 Å². The van der Waals surface area contributed by atoms with Crippen LogP contribution in [0.25, 0.3) is 0 Å². The highest BCUT2D eigenvalue weighted by Gasteiger charge is 2.31. The first-order valence-corrected chi connectivity index (χ1v) is 7.87. The Kier molecular flexibility index (Phi) is 6.02. The van der Waals surface area contributed by atoms with Crippen molar-refractivity contribution in [1.82, 2.24) is 5.32 Å². The lowest BCUT2D eigenvalue weighted by molar-refractivity contribution is -0.137. The number of esters is 1. The average molecular weight is 365 g/mol. The average Bonchev–Trinajstić information content (AvgIpc) is 2.59. The van der Waals surface area contributed by atoms with Crippen LogP contribution in [0.2, 0.25) is 0 Å². The number of aryl methyl sites for hydroxylation is 1. The van der Waals surface area contributed by atoms with Crippen molar-refractivity contribution in [1.29, 1.82) is 0 Å². The van der Waals surface area contributed by atoms with E-state index in [0.29, 0.717) is 6.07 Å². The third-order valence-electron chi connectivity index (χ3n) is 3.79. The Balaban J connectivity index is 1.93. The molecule has 0 spiro atoms. The van der Waals surface area contributed by atoms with Gasteiger partial charge in [0.05, 0.1) is 17.2 Å². The van der Waals surface area contributed by atoms with E-state index in [1.54, 1.807) is 6.92 Å². The SMILES string of the molecule is Cc1ccccc1C(C)NC(=O)COC(=O)c1cccc(C(F)(F)F)c1. The number of rotatable bonds is 5. The Labute approximate surface area is 149 Å². The molecule has 0 radical (unpaired) electrons. The highest BCUT2D eigenvalue weighted by atomic mass is 19.4. The zero-order chi connectivity index (χ0) is 19.3. The Morgan fingerprint density at radius 2 is 1.81 bits per heavy atom. The van der Waals surface area contributed by atoms with Crippen molar-refractivity contribution in [2.75, 3.05) is 6.61 Å². The highest BCUT2D eigenvalue weighted by Crippen LogP contribution is 2.29. The van der Waals surface area contributed by atoms with Crippen molar-refractivity contribution < 1.29 is 27.5 Å². The predicted molar refractivity (Wildman–Crippen MR) is 89.5 cm³/mol. The van der Waals surface area contributed by atoms with E-state index in [2.05, 4.69) is 5.32 Å². The van der Waals surface area contributed by atoms with E-state index < -0.39 is 30.2 Å². The second-order valence-corrected chi connectivity index (χ2v) is 5.80. The maximum atomic E-state index is 12.7. The minimum absolute atomic E-state index is 0.264. The topological polar surface area (TPSA) is 55.4 Å². The van der Waals surface area contributed by atoms with Gasteiger partial charge in [0.2, 0.25) is 0 Å². The van der Waals surface area contributed by atoms with Crippen LogP contribution in [-0.2, 0) is 15.7 Å². The molecule has 4 nitrogen and oxygen atoms in total. The molecule has 0 aliphatic carbocycles. The van der Waals surface area contributed by atoms with E-state index in [0.717, 1.165) is 23.3 Å². The van der Waals surface area contributed by atoms with E-state index in [4.69, 9.17) is 4.74 Å². The summed E-state index contributed by atoms with van der Waals surface area (Å²) in [5.41, 5.74) is 0.704. The third-order valence-corrected chi connectivity index (χ3v) is 3.79. The quantitative estimate of drug-likeness (QED) is 0.814. The fraction of sp³-hybridized carbons (Fsp3) is 0.263. The van der Waals surface area contributed by atoms with Gasteiger partial charge in [-0.25, -0.2) is 4.79 Å². The second-order valence-electron chi connectivity index (χ2n) is 5.80. The molecule has 26 heavy (non-hydrogen) atoms. The van der Waals surface area contributed by atoms with Crippen LogP contribution in [0.15, 0.2) is 48.5 Å². The third kappa shape index (κ3) is 5.08. The molecule has 0 saturated heterocycles. The monoisotopic (exact) mass is 365 g/mol. The molecule has 2 aromatic carbocycles. The molecular formula is C19H18F3NO3. The summed E-state index contributed by atoms with van der Waals surface area (Å²) in [6.07, 6.45) is -4.56. The Morgan fingerprint density at radius 3 is 2.46 bits per heavy atom. The standard InChI is InChI=1S/C19H18F3NO3/c1-12-6-3-4-9-16(12)13(2)23-17(24)11-26-18(25)14-7-5-8-15(10-14)19(20,21)22/h3-10,13H,11H2,1-2H3,(H,23,24). The molecule has 0 fully saturated rings. The Bertz CT molecular complexity index is 803. The zero-order valence-electron chi connectivity index (χ0n) is 14.3. The summed E-state index contributed by atoms with van der Waals surface area (Å²) in [7, 11) is 0. The molecule has 7 heteroatoms. The maximum Gasteiger partial charge on any atom is 0.416 e. The van der Waals surface area contributed by atoms with Crippen molar-refractivity contribution in [3.05, 3.63) is 70.8 Å². The van der Waals surface area contributed by atoms with Crippen LogP contribution in [0.3, 0.4) is 0 Å². The van der Waals surface area contributed by atoms with Gasteiger partial charge in [-0.15, -0.1) is 0 Å². The summed E-state index contributed by atoms with van der Waals surface area (Å²) < 4.78 is 42.8. The van der Waals surface area contributed by atoms with E-state index in [9.17, 15) is 22.8 Å². The molecule has 0 saturated carbocycles. The van der Waals surface area contributed by atoms with Crippen LogP contribution in [0.4, 0.5) is 13.2 Å². The summed E-state index contributed by atoms with van der Waals surface area (Å²) in [4.78, 5) is 23.8. The molecule has 138 valence electrons. The summed E-state index contributed by atoms with van der Waals surface area (Å²) >= 11 is 0. The summed E-state index contributed by atoms with van der Waals surface area (Å²) in [5.74, 6) is -1.53. The second kappa shape index (κ2) is 8.03. The number of hydrogen-bond acceptors (Lipinski definition) is 3. The summed E-state index contributed by atoms with van der Waals surface area (Å²) in [5, 5.41) is 2.68. The minimum Gasteiger partial charge on any atom is -0.452 e. The van der Waals surface area contributed by atoms with Crippen LogP contribution in [-0.4, -0.2) is 18.5 Å². The number of amides is 1. The van der Waals surface area contributed by atoms with E-state index in [-0.39, 0.29) is 11.6 Å². The van der Waals surface area contributed by atoms with Gasteiger partial charge >= 0.3 is 12.1 Å². The zero-order valence-corrected chi connectivity index (χ0v) is 14.3. The minimum atomic E-state index is -4.56. The molecule has 0 aromatic heterocycles. The van der Waals surface area contributed by atoms with Crippen LogP contribution in [0, 0.1) is 6.92 Å². The number of nitrogens with one attached hydrogen (secondary N) is 1. The molecule has 1 unspecified atom stereocenters. The molecule has 1 N–H and O–H groups in total. The van der Waals surface area contributed by atoms with Crippen molar-refractivity contribution in [2.24, 2.45) is 0 Å². The van der Waals surface area contributed by atoms with Gasteiger partial charge in [-0.05, 0) is 43.2 Å². The normalized spacial score (nSPS) is 12.3. The molecule has 2 aromatic rings. The lowest BCUT2D eigenvalue weighted by atomic mass is 10.0. The molecule has 0 aliphatic rings. The van der Waals surface area contributed by atoms with Gasteiger partial charge in [0.25, 0.3) is 5.91 Å². The van der Waals surface area contributed by atoms with Crippen molar-refractivity contribution in [2.45, 2.75) is 26.1 Å². The first-order valence-electron chi connectivity index (χ1n) is 7.87. The lowest BCUT2D eigenvalue weighted by Crippen LogP contribution is -2.31. The number of hydrogen-bond donors (Lipinski definition) is 1. The fourth-order valence-electron chi connectivity index (χ4n) is 2.47. The van der Waals surface area contributed by atoms with Gasteiger partial charge in [0, 0.05) is 0 Å².